The number of pyridine rings is 1. The van der Waals surface area contributed by atoms with Crippen LogP contribution in [-0.2, 0) is 4.79 Å². The fourth-order valence-electron chi connectivity index (χ4n) is 3.73. The normalized spacial score (nSPS) is 11.2. The summed E-state index contributed by atoms with van der Waals surface area (Å²) < 4.78 is 7.47. The second kappa shape index (κ2) is 9.65. The topological polar surface area (TPSA) is 96.5 Å². The van der Waals surface area contributed by atoms with E-state index in [0.717, 1.165) is 22.3 Å². The fraction of sp³-hybridized carbons (Fsp3) is 0.143. The highest BCUT2D eigenvalue weighted by Crippen LogP contribution is 2.28. The molecule has 0 fully saturated rings. The minimum Gasteiger partial charge on any atom is -0.438 e. The summed E-state index contributed by atoms with van der Waals surface area (Å²) in [6, 6.07) is 18.3. The Labute approximate surface area is 203 Å². The van der Waals surface area contributed by atoms with E-state index in [1.54, 1.807) is 36.5 Å². The molecule has 0 aliphatic carbocycles. The average molecular weight is 465 g/mol. The Balaban J connectivity index is 1.85. The number of rotatable bonds is 5. The molecule has 0 radical (unpaired) electrons. The molecular formula is C28H24N4O3. The molecule has 7 nitrogen and oxygen atoms in total. The van der Waals surface area contributed by atoms with Gasteiger partial charge in [-0.05, 0) is 74.7 Å². The highest BCUT2D eigenvalue weighted by molar-refractivity contribution is 6.09. The van der Waals surface area contributed by atoms with E-state index in [1.165, 1.54) is 10.5 Å². The number of hydrogen-bond acceptors (Lipinski definition) is 5. The lowest BCUT2D eigenvalue weighted by molar-refractivity contribution is -0.112. The van der Waals surface area contributed by atoms with Crippen LogP contribution < -0.4 is 15.6 Å². The van der Waals surface area contributed by atoms with E-state index < -0.39 is 11.5 Å². The van der Waals surface area contributed by atoms with Gasteiger partial charge in [0.1, 0.15) is 28.6 Å². The van der Waals surface area contributed by atoms with Crippen molar-refractivity contribution in [3.63, 3.8) is 0 Å². The zero-order chi connectivity index (χ0) is 25.1. The second-order valence-electron chi connectivity index (χ2n) is 8.39. The number of anilines is 1. The Morgan fingerprint density at radius 1 is 1.03 bits per heavy atom. The van der Waals surface area contributed by atoms with Gasteiger partial charge in [0.15, 0.2) is 0 Å². The summed E-state index contributed by atoms with van der Waals surface area (Å²) >= 11 is 0. The largest absolute Gasteiger partial charge is 0.438 e. The van der Waals surface area contributed by atoms with Gasteiger partial charge < -0.3 is 10.1 Å². The first-order chi connectivity index (χ1) is 16.8. The van der Waals surface area contributed by atoms with Crippen LogP contribution in [0.3, 0.4) is 0 Å². The molecule has 1 N–H and O–H groups in total. The molecule has 4 rings (SSSR count). The monoisotopic (exact) mass is 464 g/mol. The SMILES string of the molecule is Cc1cccc(NC(=O)/C(C#N)=C\c2c(Oc3ccc(C)cc3C)nc3c(C)cccn3c2=O)c1. The van der Waals surface area contributed by atoms with Gasteiger partial charge in [-0.15, -0.1) is 0 Å². The number of aryl methyl sites for hydroxylation is 4. The molecule has 0 bridgehead atoms. The molecule has 7 heteroatoms. The van der Waals surface area contributed by atoms with E-state index in [0.29, 0.717) is 17.1 Å². The lowest BCUT2D eigenvalue weighted by Crippen LogP contribution is -2.20. The number of ether oxygens (including phenoxy) is 1. The van der Waals surface area contributed by atoms with Gasteiger partial charge in [-0.3, -0.25) is 14.0 Å². The zero-order valence-electron chi connectivity index (χ0n) is 19.9. The molecule has 0 saturated heterocycles. The summed E-state index contributed by atoms with van der Waals surface area (Å²) in [5, 5.41) is 12.4. The summed E-state index contributed by atoms with van der Waals surface area (Å²) in [5.74, 6) is -0.0885. The Morgan fingerprint density at radius 2 is 1.80 bits per heavy atom. The maximum absolute atomic E-state index is 13.5. The van der Waals surface area contributed by atoms with Gasteiger partial charge in [0, 0.05) is 11.9 Å². The van der Waals surface area contributed by atoms with Crippen molar-refractivity contribution in [2.24, 2.45) is 0 Å². The van der Waals surface area contributed by atoms with Gasteiger partial charge >= 0.3 is 0 Å². The number of hydrogen-bond donors (Lipinski definition) is 1. The van der Waals surface area contributed by atoms with Crippen molar-refractivity contribution in [3.8, 4) is 17.7 Å². The number of aromatic nitrogens is 2. The Kier molecular flexibility index (Phi) is 6.47. The molecule has 35 heavy (non-hydrogen) atoms. The van der Waals surface area contributed by atoms with E-state index in [4.69, 9.17) is 4.74 Å². The number of fused-ring (bicyclic) bond motifs is 1. The number of benzene rings is 2. The van der Waals surface area contributed by atoms with Crippen molar-refractivity contribution >= 4 is 23.3 Å². The quantitative estimate of drug-likeness (QED) is 0.321. The standard InChI is InChI=1S/C28H24N4O3/c1-17-7-5-9-22(14-17)30-26(33)21(16-29)15-23-27(35-24-11-10-18(2)13-20(24)4)31-25-19(3)8-6-12-32(25)28(23)34/h5-15H,1-4H3,(H,30,33)/b21-15-. The number of carbonyl (C=O) groups excluding carboxylic acids is 1. The number of amides is 1. The van der Waals surface area contributed by atoms with Gasteiger partial charge in [0.25, 0.3) is 11.5 Å². The highest BCUT2D eigenvalue weighted by Gasteiger charge is 2.19. The predicted molar refractivity (Wildman–Crippen MR) is 136 cm³/mol. The van der Waals surface area contributed by atoms with Crippen molar-refractivity contribution < 1.29 is 9.53 Å². The smallest absolute Gasteiger partial charge is 0.269 e. The molecule has 1 amide bonds. The van der Waals surface area contributed by atoms with Crippen LogP contribution in [0.1, 0.15) is 27.8 Å². The summed E-state index contributed by atoms with van der Waals surface area (Å²) in [7, 11) is 0. The van der Waals surface area contributed by atoms with Crippen molar-refractivity contribution in [2.45, 2.75) is 27.7 Å². The van der Waals surface area contributed by atoms with Gasteiger partial charge in [0.05, 0.1) is 0 Å². The fourth-order valence-corrected chi connectivity index (χ4v) is 3.73. The molecule has 174 valence electrons. The lowest BCUT2D eigenvalue weighted by atomic mass is 10.1. The molecular weight excluding hydrogens is 440 g/mol. The average Bonchev–Trinajstić information content (AvgIpc) is 2.81. The number of nitrogens with zero attached hydrogens (tertiary/aromatic N) is 3. The van der Waals surface area contributed by atoms with E-state index in [2.05, 4.69) is 10.3 Å². The van der Waals surface area contributed by atoms with Gasteiger partial charge in [0.2, 0.25) is 5.88 Å². The van der Waals surface area contributed by atoms with Crippen LogP contribution in [0.4, 0.5) is 5.69 Å². The molecule has 0 atom stereocenters. The molecule has 2 heterocycles. The van der Waals surface area contributed by atoms with Gasteiger partial charge in [-0.2, -0.15) is 10.2 Å². The van der Waals surface area contributed by atoms with Crippen LogP contribution in [-0.4, -0.2) is 15.3 Å². The number of nitriles is 1. The molecule has 0 aliphatic rings. The molecule has 2 aromatic carbocycles. The molecule has 0 spiro atoms. The minimum absolute atomic E-state index is 0.00372. The van der Waals surface area contributed by atoms with Crippen LogP contribution in [0.5, 0.6) is 11.6 Å². The highest BCUT2D eigenvalue weighted by atomic mass is 16.5. The van der Waals surface area contributed by atoms with Crippen molar-refractivity contribution in [3.05, 3.63) is 105 Å². The third kappa shape index (κ3) is 4.97. The molecule has 0 saturated carbocycles. The lowest BCUT2D eigenvalue weighted by Gasteiger charge is -2.13. The Hall–Kier alpha value is -4.70. The molecule has 2 aromatic heterocycles. The minimum atomic E-state index is -0.635. The van der Waals surface area contributed by atoms with Crippen LogP contribution in [0.15, 0.2) is 71.2 Å². The van der Waals surface area contributed by atoms with Crippen LogP contribution in [0, 0.1) is 39.0 Å². The Morgan fingerprint density at radius 3 is 2.51 bits per heavy atom. The van der Waals surface area contributed by atoms with Crippen molar-refractivity contribution in [1.82, 2.24) is 9.38 Å². The maximum atomic E-state index is 13.5. The predicted octanol–water partition coefficient (Wildman–Crippen LogP) is 5.27. The van der Waals surface area contributed by atoms with E-state index in [9.17, 15) is 14.9 Å². The molecule has 0 unspecified atom stereocenters. The maximum Gasteiger partial charge on any atom is 0.269 e. The summed E-state index contributed by atoms with van der Waals surface area (Å²) in [4.78, 5) is 30.9. The summed E-state index contributed by atoms with van der Waals surface area (Å²) in [5.41, 5.74) is 3.96. The first-order valence-electron chi connectivity index (χ1n) is 11.0. The van der Waals surface area contributed by atoms with Crippen molar-refractivity contribution in [1.29, 1.82) is 5.26 Å². The van der Waals surface area contributed by atoms with E-state index in [1.807, 2.05) is 58.0 Å². The van der Waals surface area contributed by atoms with Crippen molar-refractivity contribution in [2.75, 3.05) is 5.32 Å². The Bertz CT molecular complexity index is 1590. The van der Waals surface area contributed by atoms with Crippen LogP contribution in [0.2, 0.25) is 0 Å². The van der Waals surface area contributed by atoms with Crippen LogP contribution >= 0.6 is 0 Å². The summed E-state index contributed by atoms with van der Waals surface area (Å²) in [6.45, 7) is 7.61. The zero-order valence-corrected chi connectivity index (χ0v) is 19.9. The summed E-state index contributed by atoms with van der Waals surface area (Å²) in [6.07, 6.45) is 2.82. The first-order valence-corrected chi connectivity index (χ1v) is 11.0. The van der Waals surface area contributed by atoms with Crippen LogP contribution in [0.25, 0.3) is 11.7 Å². The molecule has 4 aromatic rings. The van der Waals surface area contributed by atoms with Gasteiger partial charge in [-0.25, -0.2) is 0 Å². The second-order valence-corrected chi connectivity index (χ2v) is 8.39. The third-order valence-corrected chi connectivity index (χ3v) is 5.52. The third-order valence-electron chi connectivity index (χ3n) is 5.52. The number of carbonyl (C=O) groups is 1. The first kappa shape index (κ1) is 23.5. The van der Waals surface area contributed by atoms with Gasteiger partial charge in [-0.1, -0.05) is 35.9 Å². The van der Waals surface area contributed by atoms with E-state index >= 15 is 0 Å². The molecule has 0 aliphatic heterocycles. The van der Waals surface area contributed by atoms with E-state index in [-0.39, 0.29) is 17.0 Å². The number of nitrogens with one attached hydrogen (secondary N) is 1.